The van der Waals surface area contributed by atoms with Gasteiger partial charge in [-0.25, -0.2) is 4.98 Å². The maximum atomic E-state index is 9.12. The number of aliphatic hydroxyl groups is 1. The molecular weight excluding hydrogens is 222 g/mol. The summed E-state index contributed by atoms with van der Waals surface area (Å²) >= 11 is 1.71. The van der Waals surface area contributed by atoms with Crippen molar-refractivity contribution in [2.24, 2.45) is 0 Å². The highest BCUT2D eigenvalue weighted by Crippen LogP contribution is 2.21. The number of anilines is 1. The summed E-state index contributed by atoms with van der Waals surface area (Å²) in [7, 11) is 0. The van der Waals surface area contributed by atoms with Gasteiger partial charge in [-0.15, -0.1) is 11.3 Å². The summed E-state index contributed by atoms with van der Waals surface area (Å²) in [4.78, 5) is 7.85. The summed E-state index contributed by atoms with van der Waals surface area (Å²) in [5.41, 5.74) is 0. The first kappa shape index (κ1) is 13.4. The monoisotopic (exact) mass is 243 g/mol. The lowest BCUT2D eigenvalue weighted by molar-refractivity contribution is 0.191. The molecule has 2 N–H and O–H groups in total. The number of aliphatic hydroxyl groups excluding tert-OH is 1. The molecule has 1 heterocycles. The second kappa shape index (κ2) is 6.83. The van der Waals surface area contributed by atoms with Crippen molar-refractivity contribution < 1.29 is 5.11 Å². The topological polar surface area (TPSA) is 48.4 Å². The van der Waals surface area contributed by atoms with Crippen LogP contribution in [0.4, 0.5) is 5.13 Å². The third-order valence-corrected chi connectivity index (χ3v) is 3.37. The maximum absolute atomic E-state index is 9.12. The number of rotatable bonds is 7. The third kappa shape index (κ3) is 4.08. The van der Waals surface area contributed by atoms with Gasteiger partial charge in [0.15, 0.2) is 5.13 Å². The van der Waals surface area contributed by atoms with E-state index in [-0.39, 0.29) is 6.10 Å². The zero-order valence-electron chi connectivity index (χ0n) is 10.2. The highest BCUT2D eigenvalue weighted by atomic mass is 32.1. The van der Waals surface area contributed by atoms with Gasteiger partial charge in [0.25, 0.3) is 0 Å². The molecule has 0 aliphatic rings. The molecule has 1 aromatic heterocycles. The van der Waals surface area contributed by atoms with Crippen LogP contribution >= 0.6 is 11.3 Å². The number of thiazole rings is 1. The highest BCUT2D eigenvalue weighted by Gasteiger charge is 2.07. The summed E-state index contributed by atoms with van der Waals surface area (Å²) in [6, 6.07) is 0. The Balaban J connectivity index is 2.44. The van der Waals surface area contributed by atoms with Crippen LogP contribution in [0.3, 0.4) is 0 Å². The smallest absolute Gasteiger partial charge is 0.185 e. The molecule has 1 aromatic rings. The van der Waals surface area contributed by atoms with Gasteiger partial charge in [0, 0.05) is 37.3 Å². The van der Waals surface area contributed by atoms with Gasteiger partial charge in [0.1, 0.15) is 0 Å². The van der Waals surface area contributed by atoms with E-state index in [1.165, 1.54) is 4.88 Å². The fourth-order valence-electron chi connectivity index (χ4n) is 1.42. The molecule has 0 saturated carbocycles. The van der Waals surface area contributed by atoms with Gasteiger partial charge >= 0.3 is 0 Å². The van der Waals surface area contributed by atoms with E-state index in [0.29, 0.717) is 6.54 Å². The number of aromatic nitrogens is 1. The molecule has 4 nitrogen and oxygen atoms in total. The number of hydrogen-bond acceptors (Lipinski definition) is 5. The minimum Gasteiger partial charge on any atom is -0.392 e. The van der Waals surface area contributed by atoms with Crippen molar-refractivity contribution >= 4 is 16.5 Å². The van der Waals surface area contributed by atoms with Crippen molar-refractivity contribution in [2.45, 2.75) is 33.4 Å². The third-order valence-electron chi connectivity index (χ3n) is 2.31. The molecule has 92 valence electrons. The quantitative estimate of drug-likeness (QED) is 0.761. The van der Waals surface area contributed by atoms with Crippen LogP contribution in [0.5, 0.6) is 0 Å². The summed E-state index contributed by atoms with van der Waals surface area (Å²) in [6.45, 7) is 9.44. The van der Waals surface area contributed by atoms with Crippen LogP contribution in [0.2, 0.25) is 0 Å². The van der Waals surface area contributed by atoms with Crippen molar-refractivity contribution in [3.05, 3.63) is 11.1 Å². The van der Waals surface area contributed by atoms with E-state index in [2.05, 4.69) is 29.0 Å². The molecule has 0 amide bonds. The van der Waals surface area contributed by atoms with E-state index in [9.17, 15) is 0 Å². The van der Waals surface area contributed by atoms with E-state index < -0.39 is 0 Å². The molecule has 1 rings (SSSR count). The van der Waals surface area contributed by atoms with Crippen molar-refractivity contribution in [1.82, 2.24) is 10.3 Å². The lowest BCUT2D eigenvalue weighted by atomic mass is 10.4. The van der Waals surface area contributed by atoms with Crippen molar-refractivity contribution in [1.29, 1.82) is 0 Å². The summed E-state index contributed by atoms with van der Waals surface area (Å²) < 4.78 is 0. The molecule has 1 atom stereocenters. The molecule has 0 saturated heterocycles. The second-order valence-electron chi connectivity index (χ2n) is 3.76. The van der Waals surface area contributed by atoms with Crippen molar-refractivity contribution in [2.75, 3.05) is 24.5 Å². The lowest BCUT2D eigenvalue weighted by Crippen LogP contribution is -2.23. The highest BCUT2D eigenvalue weighted by molar-refractivity contribution is 7.15. The van der Waals surface area contributed by atoms with E-state index in [1.807, 2.05) is 6.20 Å². The average Bonchev–Trinajstić information content (AvgIpc) is 2.68. The van der Waals surface area contributed by atoms with E-state index in [1.54, 1.807) is 18.3 Å². The molecule has 0 bridgehead atoms. The van der Waals surface area contributed by atoms with Gasteiger partial charge in [-0.2, -0.15) is 0 Å². The molecule has 0 spiro atoms. The fourth-order valence-corrected chi connectivity index (χ4v) is 2.43. The van der Waals surface area contributed by atoms with Crippen LogP contribution in [0.15, 0.2) is 6.20 Å². The Bertz CT molecular complexity index is 297. The molecule has 5 heteroatoms. The SMILES string of the molecule is CCN(CC)c1ncc(CNC[C@H](C)O)s1. The summed E-state index contributed by atoms with van der Waals surface area (Å²) in [5.74, 6) is 0. The first-order valence-corrected chi connectivity index (χ1v) is 6.57. The van der Waals surface area contributed by atoms with E-state index in [4.69, 9.17) is 5.11 Å². The molecule has 16 heavy (non-hydrogen) atoms. The molecule has 0 aliphatic heterocycles. The maximum Gasteiger partial charge on any atom is 0.185 e. The summed E-state index contributed by atoms with van der Waals surface area (Å²) in [5, 5.41) is 13.4. The van der Waals surface area contributed by atoms with Gasteiger partial charge in [0.05, 0.1) is 6.10 Å². The van der Waals surface area contributed by atoms with Crippen LogP contribution in [-0.4, -0.2) is 35.8 Å². The molecule has 0 unspecified atom stereocenters. The normalized spacial score (nSPS) is 12.8. The predicted molar refractivity (Wildman–Crippen MR) is 69.1 cm³/mol. The molecule has 0 aliphatic carbocycles. The van der Waals surface area contributed by atoms with E-state index >= 15 is 0 Å². The zero-order valence-corrected chi connectivity index (χ0v) is 11.0. The average molecular weight is 243 g/mol. The van der Waals surface area contributed by atoms with Crippen LogP contribution in [-0.2, 0) is 6.54 Å². The van der Waals surface area contributed by atoms with Crippen LogP contribution in [0, 0.1) is 0 Å². The Kier molecular flexibility index (Phi) is 5.73. The Hall–Kier alpha value is -0.650. The number of nitrogens with zero attached hydrogens (tertiary/aromatic N) is 2. The van der Waals surface area contributed by atoms with Crippen LogP contribution < -0.4 is 10.2 Å². The Morgan fingerprint density at radius 1 is 1.50 bits per heavy atom. The van der Waals surface area contributed by atoms with Crippen LogP contribution in [0.1, 0.15) is 25.6 Å². The van der Waals surface area contributed by atoms with Gasteiger partial charge in [-0.05, 0) is 20.8 Å². The van der Waals surface area contributed by atoms with Gasteiger partial charge in [-0.3, -0.25) is 0 Å². The van der Waals surface area contributed by atoms with Gasteiger partial charge < -0.3 is 15.3 Å². The predicted octanol–water partition coefficient (Wildman–Crippen LogP) is 1.46. The first-order valence-electron chi connectivity index (χ1n) is 5.75. The molecule has 0 fully saturated rings. The minimum absolute atomic E-state index is 0.296. The number of hydrogen-bond donors (Lipinski definition) is 2. The van der Waals surface area contributed by atoms with E-state index in [0.717, 1.165) is 24.8 Å². The lowest BCUT2D eigenvalue weighted by Gasteiger charge is -2.16. The second-order valence-corrected chi connectivity index (χ2v) is 4.86. The van der Waals surface area contributed by atoms with Crippen molar-refractivity contribution in [3.63, 3.8) is 0 Å². The largest absolute Gasteiger partial charge is 0.392 e. The molecule has 0 radical (unpaired) electrons. The van der Waals surface area contributed by atoms with Crippen LogP contribution in [0.25, 0.3) is 0 Å². The van der Waals surface area contributed by atoms with Gasteiger partial charge in [-0.1, -0.05) is 0 Å². The summed E-state index contributed by atoms with van der Waals surface area (Å²) in [6.07, 6.45) is 1.61. The standard InChI is InChI=1S/C11H21N3OS/c1-4-14(5-2)11-13-8-10(16-11)7-12-6-9(3)15/h8-9,12,15H,4-7H2,1-3H3/t9-/m0/s1. The Morgan fingerprint density at radius 3 is 2.75 bits per heavy atom. The Labute approximate surface area is 101 Å². The molecular formula is C11H21N3OS. The fraction of sp³-hybridized carbons (Fsp3) is 0.727. The zero-order chi connectivity index (χ0) is 12.0. The van der Waals surface area contributed by atoms with Crippen molar-refractivity contribution in [3.8, 4) is 0 Å². The molecule has 0 aromatic carbocycles. The number of nitrogens with one attached hydrogen (secondary N) is 1. The first-order chi connectivity index (χ1) is 7.67. The van der Waals surface area contributed by atoms with Gasteiger partial charge in [0.2, 0.25) is 0 Å². The Morgan fingerprint density at radius 2 is 2.19 bits per heavy atom. The minimum atomic E-state index is -0.296.